The molecule has 0 atom stereocenters. The minimum Gasteiger partial charge on any atom is -0.395 e. The van der Waals surface area contributed by atoms with Crippen LogP contribution in [0.15, 0.2) is 63.9 Å². The van der Waals surface area contributed by atoms with Crippen LogP contribution < -0.4 is 10.5 Å². The number of benzene rings is 1. The summed E-state index contributed by atoms with van der Waals surface area (Å²) in [7, 11) is 0. The molecule has 11 nitrogen and oxygen atoms in total. The van der Waals surface area contributed by atoms with Crippen molar-refractivity contribution in [2.75, 3.05) is 44.2 Å². The smallest absolute Gasteiger partial charge is 0.324 e. The first-order valence-corrected chi connectivity index (χ1v) is 11.7. The van der Waals surface area contributed by atoms with E-state index in [9.17, 15) is 4.79 Å². The van der Waals surface area contributed by atoms with Crippen molar-refractivity contribution in [3.05, 3.63) is 76.2 Å². The molecule has 1 fully saturated rings. The van der Waals surface area contributed by atoms with Crippen LogP contribution >= 0.6 is 0 Å². The van der Waals surface area contributed by atoms with Gasteiger partial charge in [-0.1, -0.05) is 29.4 Å². The maximum atomic E-state index is 12.5. The van der Waals surface area contributed by atoms with Crippen LogP contribution in [0, 0.1) is 10.8 Å². The van der Waals surface area contributed by atoms with Gasteiger partial charge in [-0.05, 0) is 29.8 Å². The quantitative estimate of drug-likeness (QED) is 0.425. The number of nitrogens with one attached hydrogen (secondary N) is 2. The van der Waals surface area contributed by atoms with Gasteiger partial charge < -0.3 is 14.5 Å². The molecular formula is C25H26N8O3. The third-order valence-corrected chi connectivity index (χ3v) is 6.17. The SMILES string of the molecule is N=C1C=CC(c2ccc(=O)n(Cc3cccc(-c4noc(N5CCN(CCO)CC5)n4)c3)n2)=CC1=N. The molecule has 2 aromatic heterocycles. The number of nitrogens with zero attached hydrogens (tertiary/aromatic N) is 6. The van der Waals surface area contributed by atoms with Crippen molar-refractivity contribution in [1.82, 2.24) is 24.8 Å². The molecule has 5 rings (SSSR count). The monoisotopic (exact) mass is 486 g/mol. The Labute approximate surface area is 207 Å². The van der Waals surface area contributed by atoms with Gasteiger partial charge >= 0.3 is 6.01 Å². The van der Waals surface area contributed by atoms with E-state index in [1.54, 1.807) is 24.3 Å². The number of rotatable bonds is 7. The summed E-state index contributed by atoms with van der Waals surface area (Å²) in [6, 6.07) is 11.1. The van der Waals surface area contributed by atoms with Crippen LogP contribution in [0.1, 0.15) is 11.3 Å². The third kappa shape index (κ3) is 5.07. The normalized spacial score (nSPS) is 16.5. The number of aliphatic hydroxyl groups is 1. The van der Waals surface area contributed by atoms with E-state index >= 15 is 0 Å². The van der Waals surface area contributed by atoms with Crippen LogP contribution in [0.2, 0.25) is 0 Å². The Morgan fingerprint density at radius 3 is 2.64 bits per heavy atom. The van der Waals surface area contributed by atoms with Crippen LogP contribution in [0.5, 0.6) is 0 Å². The predicted octanol–water partition coefficient (Wildman–Crippen LogP) is 1.45. The lowest BCUT2D eigenvalue weighted by atomic mass is 10.0. The summed E-state index contributed by atoms with van der Waals surface area (Å²) in [6.45, 7) is 4.22. The lowest BCUT2D eigenvalue weighted by Crippen LogP contribution is -2.47. The zero-order valence-electron chi connectivity index (χ0n) is 19.6. The zero-order chi connectivity index (χ0) is 25.1. The first-order chi connectivity index (χ1) is 17.5. The molecule has 1 aliphatic heterocycles. The van der Waals surface area contributed by atoms with Crippen LogP contribution in [-0.2, 0) is 6.54 Å². The number of aliphatic hydroxyl groups excluding tert-OH is 1. The Morgan fingerprint density at radius 2 is 1.86 bits per heavy atom. The molecule has 36 heavy (non-hydrogen) atoms. The van der Waals surface area contributed by atoms with Crippen molar-refractivity contribution >= 4 is 23.0 Å². The Bertz CT molecular complexity index is 1410. The summed E-state index contributed by atoms with van der Waals surface area (Å²) in [5.74, 6) is 0.470. The number of allylic oxidation sites excluding steroid dienone is 4. The molecular weight excluding hydrogens is 460 g/mol. The Hall–Kier alpha value is -4.22. The van der Waals surface area contributed by atoms with Gasteiger partial charge in [-0.25, -0.2) is 4.68 Å². The van der Waals surface area contributed by atoms with Gasteiger partial charge in [-0.15, -0.1) is 0 Å². The fourth-order valence-electron chi connectivity index (χ4n) is 4.17. The summed E-state index contributed by atoms with van der Waals surface area (Å²) in [5.41, 5.74) is 2.86. The van der Waals surface area contributed by atoms with Crippen molar-refractivity contribution in [2.45, 2.75) is 6.54 Å². The van der Waals surface area contributed by atoms with Gasteiger partial charge in [-0.3, -0.25) is 20.5 Å². The minimum atomic E-state index is -0.241. The Balaban J connectivity index is 1.32. The zero-order valence-corrected chi connectivity index (χ0v) is 19.6. The second-order valence-electron chi connectivity index (χ2n) is 8.63. The van der Waals surface area contributed by atoms with Gasteiger partial charge in [0.2, 0.25) is 5.82 Å². The number of β-amino-alcohol motifs (C(OH)–C–C–N with tert-alkyl or cyclic N) is 1. The van der Waals surface area contributed by atoms with Gasteiger partial charge in [0.15, 0.2) is 0 Å². The van der Waals surface area contributed by atoms with Gasteiger partial charge in [0.25, 0.3) is 5.56 Å². The molecule has 3 aromatic rings. The van der Waals surface area contributed by atoms with Gasteiger partial charge in [0.1, 0.15) is 0 Å². The van der Waals surface area contributed by atoms with Gasteiger partial charge in [0, 0.05) is 49.9 Å². The number of piperazine rings is 1. The highest BCUT2D eigenvalue weighted by atomic mass is 16.5. The van der Waals surface area contributed by atoms with Crippen molar-refractivity contribution < 1.29 is 9.63 Å². The molecule has 0 radical (unpaired) electrons. The second kappa shape index (κ2) is 10.2. The summed E-state index contributed by atoms with van der Waals surface area (Å²) in [6.07, 6.45) is 4.84. The molecule has 0 saturated carbocycles. The van der Waals surface area contributed by atoms with E-state index in [0.717, 1.165) is 37.3 Å². The average Bonchev–Trinajstić information content (AvgIpc) is 3.38. The lowest BCUT2D eigenvalue weighted by Gasteiger charge is -2.32. The Morgan fingerprint density at radius 1 is 1.03 bits per heavy atom. The maximum absolute atomic E-state index is 12.5. The lowest BCUT2D eigenvalue weighted by molar-refractivity contribution is 0.186. The summed E-state index contributed by atoms with van der Waals surface area (Å²) >= 11 is 0. The predicted molar refractivity (Wildman–Crippen MR) is 136 cm³/mol. The van der Waals surface area contributed by atoms with E-state index in [1.165, 1.54) is 10.7 Å². The van der Waals surface area contributed by atoms with Crippen molar-refractivity contribution in [3.8, 4) is 11.4 Å². The maximum Gasteiger partial charge on any atom is 0.324 e. The van der Waals surface area contributed by atoms with E-state index in [1.807, 2.05) is 29.2 Å². The summed E-state index contributed by atoms with van der Waals surface area (Å²) < 4.78 is 6.89. The van der Waals surface area contributed by atoms with E-state index in [4.69, 9.17) is 20.4 Å². The third-order valence-electron chi connectivity index (χ3n) is 6.17. The summed E-state index contributed by atoms with van der Waals surface area (Å²) in [5, 5.41) is 33.3. The highest BCUT2D eigenvalue weighted by Gasteiger charge is 2.21. The van der Waals surface area contributed by atoms with Crippen molar-refractivity contribution in [1.29, 1.82) is 10.8 Å². The van der Waals surface area contributed by atoms with Crippen LogP contribution in [-0.4, -0.2) is 80.7 Å². The van der Waals surface area contributed by atoms with Crippen LogP contribution in [0.4, 0.5) is 6.01 Å². The van der Waals surface area contributed by atoms with Gasteiger partial charge in [0.05, 0.1) is 30.3 Å². The van der Waals surface area contributed by atoms with Crippen LogP contribution in [0.25, 0.3) is 17.0 Å². The van der Waals surface area contributed by atoms with E-state index in [-0.39, 0.29) is 30.1 Å². The number of aromatic nitrogens is 4. The first-order valence-electron chi connectivity index (χ1n) is 11.7. The number of anilines is 1. The van der Waals surface area contributed by atoms with Gasteiger partial charge in [-0.2, -0.15) is 10.1 Å². The van der Waals surface area contributed by atoms with Crippen LogP contribution in [0.3, 0.4) is 0 Å². The molecule has 11 heteroatoms. The molecule has 1 saturated heterocycles. The Kier molecular flexibility index (Phi) is 6.65. The molecule has 0 bridgehead atoms. The molecule has 0 unspecified atom stereocenters. The largest absolute Gasteiger partial charge is 0.395 e. The summed E-state index contributed by atoms with van der Waals surface area (Å²) in [4.78, 5) is 21.3. The second-order valence-corrected chi connectivity index (χ2v) is 8.63. The number of hydrogen-bond acceptors (Lipinski definition) is 10. The first kappa shape index (κ1) is 23.5. The molecule has 0 spiro atoms. The fourth-order valence-corrected chi connectivity index (χ4v) is 4.17. The van der Waals surface area contributed by atoms with E-state index in [2.05, 4.69) is 20.1 Å². The molecule has 2 aliphatic rings. The number of hydrogen-bond donors (Lipinski definition) is 3. The topological polar surface area (TPSA) is 148 Å². The molecule has 3 heterocycles. The van der Waals surface area contributed by atoms with Crippen molar-refractivity contribution in [2.24, 2.45) is 0 Å². The molecule has 0 amide bonds. The standard InChI is InChI=1S/C25H26N8O3/c26-20-5-4-18(15-21(20)27)22-6-7-23(35)33(29-22)16-17-2-1-3-19(14-17)24-28-25(36-30-24)32-10-8-31(9-11-32)12-13-34/h1-7,14-15,26-27,34H,8-13,16H2. The molecule has 1 aromatic carbocycles. The highest BCUT2D eigenvalue weighted by Crippen LogP contribution is 2.22. The average molecular weight is 487 g/mol. The fraction of sp³-hybridized carbons (Fsp3) is 0.280. The molecule has 1 aliphatic carbocycles. The highest BCUT2D eigenvalue weighted by molar-refractivity contribution is 6.50. The van der Waals surface area contributed by atoms with Crippen molar-refractivity contribution in [3.63, 3.8) is 0 Å². The molecule has 3 N–H and O–H groups in total. The van der Waals surface area contributed by atoms with E-state index < -0.39 is 0 Å². The molecule has 184 valence electrons. The minimum absolute atomic E-state index is 0.103. The van der Waals surface area contributed by atoms with E-state index in [0.29, 0.717) is 29.7 Å².